The summed E-state index contributed by atoms with van der Waals surface area (Å²) in [6.45, 7) is 39.6. The Bertz CT molecular complexity index is 3820. The number of phosphoric ester groups is 1. The number of phosphoric acid groups is 1. The first kappa shape index (κ1) is 75.4. The van der Waals surface area contributed by atoms with Crippen LogP contribution in [0.3, 0.4) is 0 Å². The second-order valence-corrected chi connectivity index (χ2v) is 39.5. The van der Waals surface area contributed by atoms with Gasteiger partial charge in [0.2, 0.25) is 11.8 Å². The number of amides is 4. The highest BCUT2D eigenvalue weighted by atomic mass is 32.2. The van der Waals surface area contributed by atoms with Crippen molar-refractivity contribution >= 4 is 118 Å². The van der Waals surface area contributed by atoms with E-state index >= 15 is 0 Å². The molecule has 0 unspecified atom stereocenters. The predicted molar refractivity (Wildman–Crippen MR) is 382 cm³/mol. The van der Waals surface area contributed by atoms with E-state index < -0.39 is 60.4 Å². The number of hydrogen-bond donors (Lipinski definition) is 1. The van der Waals surface area contributed by atoms with Crippen LogP contribution in [0.15, 0.2) is 161 Å². The van der Waals surface area contributed by atoms with Gasteiger partial charge < -0.3 is 51.3 Å². The Hall–Kier alpha value is -7.41. The topological polar surface area (TPSA) is 244 Å². The van der Waals surface area contributed by atoms with E-state index in [1.165, 1.54) is 57.6 Å². The molecule has 520 valence electrons. The molecule has 0 spiro atoms. The zero-order valence-corrected chi connectivity index (χ0v) is 62.7. The number of para-hydroxylation sites is 2. The monoisotopic (exact) mass is 1460 g/mol. The van der Waals surface area contributed by atoms with Gasteiger partial charge in [0.1, 0.15) is 49.4 Å². The third-order valence-electron chi connectivity index (χ3n) is 16.0. The molecule has 22 nitrogen and oxygen atoms in total. The van der Waals surface area contributed by atoms with Crippen molar-refractivity contribution in [2.24, 2.45) is 23.7 Å². The van der Waals surface area contributed by atoms with Crippen LogP contribution in [0.2, 0.25) is 39.3 Å². The largest absolute Gasteiger partial charge is 0.646 e. The summed E-state index contributed by atoms with van der Waals surface area (Å²) in [5, 5.41) is 3.92. The molecule has 0 bridgehead atoms. The minimum atomic E-state index is -4.42. The van der Waals surface area contributed by atoms with Gasteiger partial charge in [-0.3, -0.25) is 24.3 Å². The lowest BCUT2D eigenvalue weighted by Gasteiger charge is -2.48. The van der Waals surface area contributed by atoms with E-state index in [4.69, 9.17) is 58.6 Å². The van der Waals surface area contributed by atoms with Gasteiger partial charge in [-0.1, -0.05) is 125 Å². The number of hydrogen-bond acceptors (Lipinski definition) is 21. The zero-order valence-electron chi connectivity index (χ0n) is 56.6. The Labute approximate surface area is 586 Å². The van der Waals surface area contributed by atoms with Crippen molar-refractivity contribution < 1.29 is 74.7 Å². The van der Waals surface area contributed by atoms with Gasteiger partial charge in [-0.15, -0.1) is 22.7 Å². The van der Waals surface area contributed by atoms with Gasteiger partial charge in [0.05, 0.1) is 72.7 Å². The second kappa shape index (κ2) is 32.5. The number of rotatable bonds is 26. The summed E-state index contributed by atoms with van der Waals surface area (Å²) in [4.78, 5) is 92.3. The molecule has 0 aliphatic carbocycles. The molecule has 10 atom stereocenters. The molecule has 2 aromatic carbocycles. The van der Waals surface area contributed by atoms with Crippen LogP contribution in [0.4, 0.5) is 9.59 Å². The number of H-pyrrole nitrogens is 1. The van der Waals surface area contributed by atoms with E-state index in [0.717, 1.165) is 35.7 Å². The number of benzene rings is 2. The van der Waals surface area contributed by atoms with Crippen LogP contribution in [-0.2, 0) is 56.1 Å². The Balaban J connectivity index is 0.000000199. The number of β-lactam (4-membered cyclic amide) rings is 2. The first-order valence-corrected chi connectivity index (χ1v) is 42.9. The van der Waals surface area contributed by atoms with Crippen molar-refractivity contribution in [3.63, 3.8) is 0 Å². The van der Waals surface area contributed by atoms with E-state index in [9.17, 15) is 33.3 Å². The number of aromatic amines is 1. The van der Waals surface area contributed by atoms with Crippen LogP contribution in [-0.4, -0.2) is 158 Å². The number of thioether (sulfide) groups is 1. The average molecular weight is 1460 g/mol. The maximum Gasteiger partial charge on any atom is 0.646 e. The predicted octanol–water partition coefficient (Wildman–Crippen LogP) is 14.4. The molecular weight excluding hydrogens is 1370 g/mol. The Kier molecular flexibility index (Phi) is 25.3. The number of esters is 2. The molecule has 4 amide bonds. The van der Waals surface area contributed by atoms with Crippen molar-refractivity contribution in [3.05, 3.63) is 172 Å². The summed E-state index contributed by atoms with van der Waals surface area (Å²) in [5.41, 5.74) is 3.93. The van der Waals surface area contributed by atoms with Crippen molar-refractivity contribution in [2.75, 3.05) is 39.5 Å². The van der Waals surface area contributed by atoms with Gasteiger partial charge >= 0.3 is 31.9 Å². The molecule has 8 heterocycles. The lowest BCUT2D eigenvalue weighted by atomic mass is 9.79. The molecule has 2 fully saturated rings. The molecular formula is C68H85N6O16PS4Si2. The van der Waals surface area contributed by atoms with E-state index in [1.807, 2.05) is 77.2 Å². The quantitative estimate of drug-likeness (QED) is 0.0117. The molecule has 6 aliphatic rings. The molecule has 6 aliphatic heterocycles. The second-order valence-electron chi connectivity index (χ2n) is 25.5. The number of aromatic nitrogens is 2. The van der Waals surface area contributed by atoms with E-state index in [-0.39, 0.29) is 115 Å². The number of thiazole rings is 2. The summed E-state index contributed by atoms with van der Waals surface area (Å²) >= 11 is 9.40. The summed E-state index contributed by atoms with van der Waals surface area (Å²) in [7, 11) is -8.26. The lowest BCUT2D eigenvalue weighted by molar-refractivity contribution is -0.163. The molecule has 2 saturated heterocycles. The molecule has 1 N–H and O–H groups in total. The van der Waals surface area contributed by atoms with Crippen LogP contribution >= 0.6 is 54.5 Å². The van der Waals surface area contributed by atoms with Gasteiger partial charge in [-0.05, 0) is 115 Å². The maximum absolute atomic E-state index is 14.2. The van der Waals surface area contributed by atoms with Crippen LogP contribution in [0.25, 0.3) is 11.1 Å². The Morgan fingerprint density at radius 1 is 0.649 bits per heavy atom. The smallest absolute Gasteiger partial charge is 0.457 e. The zero-order chi connectivity index (χ0) is 70.8. The number of nitrogens with one attached hydrogen (secondary N) is 1. The SMILES string of the molecule is C=CCOC(=O)C1=C(OP(=O)(Oc2ccccc2)Oc2ccccc2)[C@H](C)[C@@H]2[C@@H]([C@@H](C)O[Si](C)(C)C)C(=O)N12.C=CCOC(=O)C1=C(Sc2nc(C3=C[C@H](C)N(C(=O)OCC=C)C3)cs2)[C@H](C)[C@@H]2[C@@H]([C@@H](C)O[Si](C)(C)C)C(=O)N12.C=CCOC(=O)N1CC(c2csc(=S)[nH]2)=C[C@@H]1C. The van der Waals surface area contributed by atoms with E-state index in [0.29, 0.717) is 13.1 Å². The van der Waals surface area contributed by atoms with E-state index in [2.05, 4.69) is 50.9 Å². The summed E-state index contributed by atoms with van der Waals surface area (Å²) < 4.78 is 66.7. The van der Waals surface area contributed by atoms with Crippen LogP contribution < -0.4 is 9.05 Å². The number of ether oxygens (including phenoxy) is 4. The van der Waals surface area contributed by atoms with Gasteiger partial charge in [0.15, 0.2) is 30.6 Å². The molecule has 0 saturated carbocycles. The molecule has 0 radical (unpaired) electrons. The minimum absolute atomic E-state index is 0.000288. The summed E-state index contributed by atoms with van der Waals surface area (Å²) in [5.74, 6) is -2.72. The highest BCUT2D eigenvalue weighted by Gasteiger charge is 2.64. The van der Waals surface area contributed by atoms with Gasteiger partial charge in [-0.2, -0.15) is 4.57 Å². The van der Waals surface area contributed by atoms with Crippen molar-refractivity contribution in [1.82, 2.24) is 29.6 Å². The number of fused-ring (bicyclic) bond motifs is 2. The molecule has 10 rings (SSSR count). The summed E-state index contributed by atoms with van der Waals surface area (Å²) in [6.07, 6.45) is 8.72. The maximum atomic E-state index is 14.2. The number of nitrogens with zero attached hydrogens (tertiary/aromatic N) is 5. The molecule has 2 aromatic heterocycles. The van der Waals surface area contributed by atoms with Crippen molar-refractivity contribution in [3.8, 4) is 11.5 Å². The highest BCUT2D eigenvalue weighted by Crippen LogP contribution is 2.58. The Morgan fingerprint density at radius 2 is 1.09 bits per heavy atom. The number of carbonyl (C=O) groups excluding carboxylic acids is 6. The lowest BCUT2D eigenvalue weighted by Crippen LogP contribution is -2.64. The molecule has 29 heteroatoms. The van der Waals surface area contributed by atoms with Crippen LogP contribution in [0.1, 0.15) is 52.9 Å². The summed E-state index contributed by atoms with van der Waals surface area (Å²) in [6, 6.07) is 16.1. The standard InChI is InChI=1S/C28H37N3O6S2Si.C28H34NO8PSi.C12H14N2O2S2/c1-9-11-35-26(33)23-24(17(4)22-21(25(32)31(22)23)18(5)37-40(6,7)8)39-27-29-20(15-38-27)19-13-16(3)30(14-19)28(34)36-12-10-2;1-7-18-33-28(31)25-26(19(2)24-23(27(30)29(24)25)20(3)37-39(4,5)6)36-38(32,34-21-14-10-8-11-15-21)35-22-16-12-9-13-17-22;1-3-4-16-12(15)14-6-9(5-8(14)2)10-7-18-11(17)13-10/h9-10,13,15-18,21-22H,1-2,11-12,14H2,3-8H3;7-17,19-20,23-24H,1,18H2,2-6H3;3,5,7-8H,1,4,6H2,2H3,(H,13,17)/t16-,17+,18+,21+,22+;19-,20-,23-,24-;8-/m010/s1. The fourth-order valence-corrected chi connectivity index (χ4v) is 18.9. The molecule has 97 heavy (non-hydrogen) atoms. The first-order valence-electron chi connectivity index (χ1n) is 31.6. The number of carbonyl (C=O) groups is 6. The third-order valence-corrected chi connectivity index (χ3v) is 22.7. The fourth-order valence-electron chi connectivity index (χ4n) is 12.1. The highest BCUT2D eigenvalue weighted by molar-refractivity contribution is 8.04. The van der Waals surface area contributed by atoms with Gasteiger partial charge in [0, 0.05) is 27.5 Å². The third kappa shape index (κ3) is 18.1. The van der Waals surface area contributed by atoms with Crippen molar-refractivity contribution in [1.29, 1.82) is 0 Å². The van der Waals surface area contributed by atoms with Crippen molar-refractivity contribution in [2.45, 2.75) is 122 Å². The molecule has 4 aromatic rings. The van der Waals surface area contributed by atoms with Crippen LogP contribution in [0, 0.1) is 27.6 Å². The minimum Gasteiger partial charge on any atom is -0.457 e. The first-order chi connectivity index (χ1) is 45.9. The van der Waals surface area contributed by atoms with Gasteiger partial charge in [-0.25, -0.2) is 24.2 Å². The Morgan fingerprint density at radius 3 is 1.56 bits per heavy atom. The average Bonchev–Trinajstić information content (AvgIpc) is 1.56. The van der Waals surface area contributed by atoms with Gasteiger partial charge in [0.25, 0.3) is 0 Å². The fraction of sp³-hybridized carbons (Fsp3) is 0.412. The normalized spacial score (nSPS) is 22.4. The van der Waals surface area contributed by atoms with E-state index in [1.54, 1.807) is 88.4 Å². The van der Waals surface area contributed by atoms with Crippen LogP contribution in [0.5, 0.6) is 11.5 Å².